The molecule has 0 N–H and O–H groups in total. The fourth-order valence-electron chi connectivity index (χ4n) is 4.99. The molecule has 90 valence electrons. The number of rotatable bonds is 0. The molecule has 1 heteroatoms. The molecule has 0 bridgehead atoms. The maximum atomic E-state index is 11.7. The van der Waals surface area contributed by atoms with Crippen molar-refractivity contribution >= 4 is 5.78 Å². The zero-order valence-electron chi connectivity index (χ0n) is 10.5. The fraction of sp³-hybridized carbons (Fsp3) is 0.933. The summed E-state index contributed by atoms with van der Waals surface area (Å²) >= 11 is 0. The average molecular weight is 220 g/mol. The smallest absolute Gasteiger partial charge is 0.133 e. The van der Waals surface area contributed by atoms with Gasteiger partial charge >= 0.3 is 0 Å². The Bertz CT molecular complexity index is 283. The number of hydrogen-bond acceptors (Lipinski definition) is 1. The molecule has 0 aromatic rings. The molecule has 1 nitrogen and oxygen atoms in total. The van der Waals surface area contributed by atoms with Crippen LogP contribution in [-0.4, -0.2) is 5.78 Å². The summed E-state index contributed by atoms with van der Waals surface area (Å²) in [6, 6.07) is 0. The van der Waals surface area contributed by atoms with E-state index in [1.807, 2.05) is 0 Å². The molecular weight excluding hydrogens is 196 g/mol. The van der Waals surface area contributed by atoms with Gasteiger partial charge in [-0.15, -0.1) is 0 Å². The second kappa shape index (κ2) is 4.16. The monoisotopic (exact) mass is 220 g/mol. The summed E-state index contributed by atoms with van der Waals surface area (Å²) in [6.07, 6.45) is 10.2. The van der Waals surface area contributed by atoms with Crippen LogP contribution in [0.15, 0.2) is 0 Å². The van der Waals surface area contributed by atoms with Crippen molar-refractivity contribution in [1.82, 2.24) is 0 Å². The zero-order valence-corrected chi connectivity index (χ0v) is 10.5. The van der Waals surface area contributed by atoms with Gasteiger partial charge in [0.2, 0.25) is 0 Å². The highest BCUT2D eigenvalue weighted by molar-refractivity contribution is 5.79. The highest BCUT2D eigenvalue weighted by Gasteiger charge is 2.45. The van der Waals surface area contributed by atoms with Crippen molar-refractivity contribution in [3.8, 4) is 0 Å². The maximum absolute atomic E-state index is 11.7. The van der Waals surface area contributed by atoms with Gasteiger partial charge in [-0.3, -0.25) is 4.79 Å². The van der Waals surface area contributed by atoms with Crippen molar-refractivity contribution in [3.63, 3.8) is 0 Å². The lowest BCUT2D eigenvalue weighted by Crippen LogP contribution is -2.43. The third-order valence-electron chi connectivity index (χ3n) is 5.70. The molecule has 0 saturated heterocycles. The summed E-state index contributed by atoms with van der Waals surface area (Å²) in [5.74, 6) is 4.99. The van der Waals surface area contributed by atoms with Crippen LogP contribution in [0.3, 0.4) is 0 Å². The number of ketones is 1. The summed E-state index contributed by atoms with van der Waals surface area (Å²) in [5.41, 5.74) is 0. The van der Waals surface area contributed by atoms with Gasteiger partial charge < -0.3 is 0 Å². The lowest BCUT2D eigenvalue weighted by atomic mass is 9.55. The molecule has 0 aromatic heterocycles. The molecule has 0 radical (unpaired) electrons. The quantitative estimate of drug-likeness (QED) is 0.606. The number of hydrogen-bond donors (Lipinski definition) is 0. The van der Waals surface area contributed by atoms with Gasteiger partial charge in [-0.1, -0.05) is 26.2 Å². The minimum absolute atomic E-state index is 0.555. The lowest BCUT2D eigenvalue weighted by molar-refractivity contribution is -0.126. The van der Waals surface area contributed by atoms with Gasteiger partial charge in [0.05, 0.1) is 0 Å². The first-order chi connectivity index (χ1) is 7.75. The molecule has 3 aliphatic rings. The van der Waals surface area contributed by atoms with Crippen molar-refractivity contribution in [2.24, 2.45) is 29.6 Å². The summed E-state index contributed by atoms with van der Waals surface area (Å²) in [7, 11) is 0. The molecule has 5 unspecified atom stereocenters. The van der Waals surface area contributed by atoms with Crippen LogP contribution in [-0.2, 0) is 4.79 Å². The van der Waals surface area contributed by atoms with E-state index in [-0.39, 0.29) is 0 Å². The first kappa shape index (κ1) is 10.8. The summed E-state index contributed by atoms with van der Waals surface area (Å²) in [6.45, 7) is 2.44. The molecule has 3 rings (SSSR count). The van der Waals surface area contributed by atoms with Gasteiger partial charge in [-0.05, 0) is 48.9 Å². The highest BCUT2D eigenvalue weighted by atomic mass is 16.1. The van der Waals surface area contributed by atoms with E-state index in [9.17, 15) is 4.79 Å². The van der Waals surface area contributed by atoms with Crippen LogP contribution >= 0.6 is 0 Å². The SMILES string of the molecule is CC1CCCC2CCC3CCC(=O)CC3C12. The van der Waals surface area contributed by atoms with Crippen LogP contribution in [0.5, 0.6) is 0 Å². The van der Waals surface area contributed by atoms with Crippen LogP contribution in [0.2, 0.25) is 0 Å². The molecule has 0 heterocycles. The van der Waals surface area contributed by atoms with Gasteiger partial charge in [0.15, 0.2) is 0 Å². The predicted molar refractivity (Wildman–Crippen MR) is 65.1 cm³/mol. The number of fused-ring (bicyclic) bond motifs is 3. The maximum Gasteiger partial charge on any atom is 0.133 e. The highest BCUT2D eigenvalue weighted by Crippen LogP contribution is 2.52. The molecule has 3 saturated carbocycles. The molecule has 16 heavy (non-hydrogen) atoms. The van der Waals surface area contributed by atoms with E-state index in [1.165, 1.54) is 38.5 Å². The Labute approximate surface area is 99.0 Å². The average Bonchev–Trinajstić information content (AvgIpc) is 2.28. The second-order valence-corrected chi connectivity index (χ2v) is 6.53. The lowest BCUT2D eigenvalue weighted by Gasteiger charge is -2.50. The standard InChI is InChI=1S/C15H24O/c1-10-3-2-4-12-6-5-11-7-8-13(16)9-14(11)15(10)12/h10-12,14-15H,2-9H2,1H3. The van der Waals surface area contributed by atoms with Crippen molar-refractivity contribution < 1.29 is 4.79 Å². The molecular formula is C15H24O. The molecule has 0 aromatic carbocycles. The van der Waals surface area contributed by atoms with Crippen molar-refractivity contribution in [3.05, 3.63) is 0 Å². The van der Waals surface area contributed by atoms with Crippen molar-refractivity contribution in [2.45, 2.75) is 58.3 Å². The van der Waals surface area contributed by atoms with Crippen molar-refractivity contribution in [1.29, 1.82) is 0 Å². The van der Waals surface area contributed by atoms with E-state index in [0.29, 0.717) is 5.78 Å². The summed E-state index contributed by atoms with van der Waals surface area (Å²) in [4.78, 5) is 11.7. The third-order valence-corrected chi connectivity index (χ3v) is 5.70. The Hall–Kier alpha value is -0.330. The van der Waals surface area contributed by atoms with E-state index < -0.39 is 0 Å². The topological polar surface area (TPSA) is 17.1 Å². The predicted octanol–water partition coefficient (Wildman–Crippen LogP) is 3.82. The first-order valence-corrected chi connectivity index (χ1v) is 7.27. The van der Waals surface area contributed by atoms with Gasteiger partial charge in [0, 0.05) is 12.8 Å². The Morgan fingerprint density at radius 2 is 1.81 bits per heavy atom. The Morgan fingerprint density at radius 3 is 2.69 bits per heavy atom. The van der Waals surface area contributed by atoms with Crippen LogP contribution < -0.4 is 0 Å². The van der Waals surface area contributed by atoms with Gasteiger partial charge in [0.1, 0.15) is 5.78 Å². The Morgan fingerprint density at radius 1 is 1.00 bits per heavy atom. The molecule has 3 fully saturated rings. The van der Waals surface area contributed by atoms with Gasteiger partial charge in [0.25, 0.3) is 0 Å². The molecule has 0 spiro atoms. The number of carbonyl (C=O) groups excluding carboxylic acids is 1. The largest absolute Gasteiger partial charge is 0.300 e. The number of carbonyl (C=O) groups is 1. The van der Waals surface area contributed by atoms with E-state index in [2.05, 4.69) is 6.92 Å². The minimum atomic E-state index is 0.555. The number of Topliss-reactive ketones (excluding diaryl/α,β-unsaturated/α-hetero) is 1. The van der Waals surface area contributed by atoms with Gasteiger partial charge in [-0.2, -0.15) is 0 Å². The fourth-order valence-corrected chi connectivity index (χ4v) is 4.99. The zero-order chi connectivity index (χ0) is 11.1. The molecule has 5 atom stereocenters. The Kier molecular flexibility index (Phi) is 2.81. The third kappa shape index (κ3) is 1.72. The molecule has 0 aliphatic heterocycles. The normalized spacial score (nSPS) is 48.3. The van der Waals surface area contributed by atoms with Crippen LogP contribution in [0.25, 0.3) is 0 Å². The Balaban J connectivity index is 1.81. The first-order valence-electron chi connectivity index (χ1n) is 7.27. The summed E-state index contributed by atoms with van der Waals surface area (Å²) < 4.78 is 0. The minimum Gasteiger partial charge on any atom is -0.300 e. The van der Waals surface area contributed by atoms with Gasteiger partial charge in [-0.25, -0.2) is 0 Å². The second-order valence-electron chi connectivity index (χ2n) is 6.53. The van der Waals surface area contributed by atoms with E-state index in [4.69, 9.17) is 0 Å². The van der Waals surface area contributed by atoms with Crippen LogP contribution in [0.1, 0.15) is 58.3 Å². The van der Waals surface area contributed by atoms with Crippen molar-refractivity contribution in [2.75, 3.05) is 0 Å². The molecule has 3 aliphatic carbocycles. The van der Waals surface area contributed by atoms with E-state index in [1.54, 1.807) is 0 Å². The van der Waals surface area contributed by atoms with E-state index >= 15 is 0 Å². The van der Waals surface area contributed by atoms with Crippen LogP contribution in [0.4, 0.5) is 0 Å². The summed E-state index contributed by atoms with van der Waals surface area (Å²) in [5, 5.41) is 0. The van der Waals surface area contributed by atoms with E-state index in [0.717, 1.165) is 42.4 Å². The molecule has 0 amide bonds. The van der Waals surface area contributed by atoms with Crippen LogP contribution in [0, 0.1) is 29.6 Å².